The van der Waals surface area contributed by atoms with Crippen molar-refractivity contribution in [1.29, 1.82) is 0 Å². The fourth-order valence-electron chi connectivity index (χ4n) is 1.47. The SMILES string of the molecule is CCCCCC1CN=C(CN)N1. The van der Waals surface area contributed by atoms with Crippen LogP contribution in [0, 0.1) is 0 Å². The van der Waals surface area contributed by atoms with E-state index in [1.165, 1.54) is 25.7 Å². The fourth-order valence-corrected chi connectivity index (χ4v) is 1.47. The summed E-state index contributed by atoms with van der Waals surface area (Å²) in [4.78, 5) is 4.29. The molecule has 0 saturated heterocycles. The van der Waals surface area contributed by atoms with Crippen LogP contribution in [-0.4, -0.2) is 25.0 Å². The van der Waals surface area contributed by atoms with E-state index in [4.69, 9.17) is 5.73 Å². The molecule has 1 unspecified atom stereocenters. The molecule has 0 saturated carbocycles. The van der Waals surface area contributed by atoms with Gasteiger partial charge in [-0.3, -0.25) is 4.99 Å². The Balaban J connectivity index is 2.06. The van der Waals surface area contributed by atoms with Gasteiger partial charge in [0.2, 0.25) is 0 Å². The molecule has 1 rings (SSSR count). The van der Waals surface area contributed by atoms with Crippen LogP contribution in [0.2, 0.25) is 0 Å². The summed E-state index contributed by atoms with van der Waals surface area (Å²) in [6.07, 6.45) is 5.16. The van der Waals surface area contributed by atoms with Crippen LogP contribution in [-0.2, 0) is 0 Å². The lowest BCUT2D eigenvalue weighted by atomic mass is 10.1. The maximum Gasteiger partial charge on any atom is 0.110 e. The number of nitrogens with two attached hydrogens (primary N) is 1. The van der Waals surface area contributed by atoms with Gasteiger partial charge in [0.05, 0.1) is 13.1 Å². The molecule has 3 heteroatoms. The zero-order chi connectivity index (χ0) is 8.81. The zero-order valence-corrected chi connectivity index (χ0v) is 7.84. The summed E-state index contributed by atoms with van der Waals surface area (Å²) in [5.41, 5.74) is 5.46. The first-order valence-electron chi connectivity index (χ1n) is 4.86. The van der Waals surface area contributed by atoms with Gasteiger partial charge in [-0.05, 0) is 6.42 Å². The summed E-state index contributed by atoms with van der Waals surface area (Å²) in [5, 5.41) is 3.32. The van der Waals surface area contributed by atoms with E-state index >= 15 is 0 Å². The van der Waals surface area contributed by atoms with E-state index in [2.05, 4.69) is 17.2 Å². The lowest BCUT2D eigenvalue weighted by Crippen LogP contribution is -2.34. The molecular weight excluding hydrogens is 150 g/mol. The van der Waals surface area contributed by atoms with Crippen LogP contribution >= 0.6 is 0 Å². The van der Waals surface area contributed by atoms with Crippen molar-refractivity contribution in [2.24, 2.45) is 10.7 Å². The van der Waals surface area contributed by atoms with E-state index in [9.17, 15) is 0 Å². The third kappa shape index (κ3) is 2.81. The molecule has 1 heterocycles. The van der Waals surface area contributed by atoms with Gasteiger partial charge in [-0.25, -0.2) is 0 Å². The first-order valence-corrected chi connectivity index (χ1v) is 4.86. The molecule has 1 aliphatic rings. The van der Waals surface area contributed by atoms with Crippen molar-refractivity contribution in [3.05, 3.63) is 0 Å². The molecule has 1 atom stereocenters. The molecule has 70 valence electrons. The van der Waals surface area contributed by atoms with Crippen LogP contribution in [0.3, 0.4) is 0 Å². The van der Waals surface area contributed by atoms with Crippen LogP contribution in [0.15, 0.2) is 4.99 Å². The van der Waals surface area contributed by atoms with Crippen LogP contribution in [0.4, 0.5) is 0 Å². The topological polar surface area (TPSA) is 50.4 Å². The Labute approximate surface area is 74.4 Å². The van der Waals surface area contributed by atoms with Crippen LogP contribution in [0.25, 0.3) is 0 Å². The summed E-state index contributed by atoms with van der Waals surface area (Å²) >= 11 is 0. The summed E-state index contributed by atoms with van der Waals surface area (Å²) in [7, 11) is 0. The third-order valence-corrected chi connectivity index (χ3v) is 2.22. The van der Waals surface area contributed by atoms with Crippen LogP contribution < -0.4 is 11.1 Å². The average Bonchev–Trinajstić information content (AvgIpc) is 2.53. The van der Waals surface area contributed by atoms with Crippen molar-refractivity contribution in [2.45, 2.75) is 38.6 Å². The Morgan fingerprint density at radius 1 is 1.58 bits per heavy atom. The van der Waals surface area contributed by atoms with Gasteiger partial charge in [-0.1, -0.05) is 26.2 Å². The molecule has 0 amide bonds. The standard InChI is InChI=1S/C9H19N3/c1-2-3-4-5-8-7-11-9(6-10)12-8/h8H,2-7,10H2,1H3,(H,11,12). The lowest BCUT2D eigenvalue weighted by molar-refractivity contribution is 0.550. The van der Waals surface area contributed by atoms with Crippen LogP contribution in [0.5, 0.6) is 0 Å². The largest absolute Gasteiger partial charge is 0.368 e. The number of amidine groups is 1. The number of nitrogens with zero attached hydrogens (tertiary/aromatic N) is 1. The Morgan fingerprint density at radius 2 is 2.42 bits per heavy atom. The molecule has 0 aromatic heterocycles. The highest BCUT2D eigenvalue weighted by molar-refractivity contribution is 5.85. The number of nitrogens with one attached hydrogen (secondary N) is 1. The molecule has 0 bridgehead atoms. The molecule has 3 nitrogen and oxygen atoms in total. The Morgan fingerprint density at radius 3 is 3.00 bits per heavy atom. The molecule has 1 aliphatic heterocycles. The Bertz CT molecular complexity index is 154. The smallest absolute Gasteiger partial charge is 0.110 e. The predicted octanol–water partition coefficient (Wildman–Crippen LogP) is 0.896. The van der Waals surface area contributed by atoms with E-state index in [1.54, 1.807) is 0 Å². The highest BCUT2D eigenvalue weighted by atomic mass is 15.1. The first kappa shape index (κ1) is 9.52. The van der Waals surface area contributed by atoms with Crippen LogP contribution in [0.1, 0.15) is 32.6 Å². The minimum Gasteiger partial charge on any atom is -0.368 e. The summed E-state index contributed by atoms with van der Waals surface area (Å²) in [6.45, 7) is 3.71. The monoisotopic (exact) mass is 169 g/mol. The summed E-state index contributed by atoms with van der Waals surface area (Å²) in [5.74, 6) is 0.983. The van der Waals surface area contributed by atoms with E-state index in [1.807, 2.05) is 0 Å². The number of hydrogen-bond acceptors (Lipinski definition) is 3. The average molecular weight is 169 g/mol. The molecule has 0 aromatic carbocycles. The van der Waals surface area contributed by atoms with Crippen molar-refractivity contribution in [3.8, 4) is 0 Å². The summed E-state index contributed by atoms with van der Waals surface area (Å²) < 4.78 is 0. The van der Waals surface area contributed by atoms with Gasteiger partial charge in [0, 0.05) is 6.04 Å². The molecule has 3 N–H and O–H groups in total. The molecule has 0 aromatic rings. The maximum absolute atomic E-state index is 5.46. The van der Waals surface area contributed by atoms with Crippen molar-refractivity contribution < 1.29 is 0 Å². The van der Waals surface area contributed by atoms with E-state index in [0.717, 1.165) is 12.4 Å². The number of unbranched alkanes of at least 4 members (excludes halogenated alkanes) is 2. The molecule has 0 radical (unpaired) electrons. The highest BCUT2D eigenvalue weighted by Crippen LogP contribution is 2.06. The van der Waals surface area contributed by atoms with Crippen molar-refractivity contribution in [1.82, 2.24) is 5.32 Å². The van der Waals surface area contributed by atoms with Crippen molar-refractivity contribution in [3.63, 3.8) is 0 Å². The second-order valence-electron chi connectivity index (χ2n) is 3.33. The second-order valence-corrected chi connectivity index (χ2v) is 3.33. The zero-order valence-electron chi connectivity index (χ0n) is 7.84. The van der Waals surface area contributed by atoms with Gasteiger partial charge < -0.3 is 11.1 Å². The second kappa shape index (κ2) is 5.14. The van der Waals surface area contributed by atoms with E-state index in [0.29, 0.717) is 12.6 Å². The van der Waals surface area contributed by atoms with E-state index in [-0.39, 0.29) is 0 Å². The Hall–Kier alpha value is -0.570. The predicted molar refractivity (Wildman–Crippen MR) is 52.4 cm³/mol. The molecule has 0 aliphatic carbocycles. The maximum atomic E-state index is 5.46. The quantitative estimate of drug-likeness (QED) is 0.601. The fraction of sp³-hybridized carbons (Fsp3) is 0.889. The van der Waals surface area contributed by atoms with Crippen molar-refractivity contribution >= 4 is 5.84 Å². The number of rotatable bonds is 5. The van der Waals surface area contributed by atoms with E-state index < -0.39 is 0 Å². The lowest BCUT2D eigenvalue weighted by Gasteiger charge is -2.10. The van der Waals surface area contributed by atoms with Gasteiger partial charge in [0.15, 0.2) is 0 Å². The first-order chi connectivity index (χ1) is 5.86. The molecular formula is C9H19N3. The Kier molecular flexibility index (Phi) is 4.08. The van der Waals surface area contributed by atoms with Gasteiger partial charge in [0.1, 0.15) is 5.84 Å². The minimum absolute atomic E-state index is 0.560. The van der Waals surface area contributed by atoms with Gasteiger partial charge in [-0.15, -0.1) is 0 Å². The van der Waals surface area contributed by atoms with Gasteiger partial charge >= 0.3 is 0 Å². The molecule has 12 heavy (non-hydrogen) atoms. The van der Waals surface area contributed by atoms with Crippen molar-refractivity contribution in [2.75, 3.05) is 13.1 Å². The van der Waals surface area contributed by atoms with Gasteiger partial charge in [-0.2, -0.15) is 0 Å². The number of hydrogen-bond donors (Lipinski definition) is 2. The summed E-state index contributed by atoms with van der Waals surface area (Å²) in [6, 6.07) is 0.565. The number of aliphatic imine (C=N–C) groups is 1. The van der Waals surface area contributed by atoms with Gasteiger partial charge in [0.25, 0.3) is 0 Å². The minimum atomic E-state index is 0.560. The normalized spacial score (nSPS) is 22.2. The molecule has 0 fully saturated rings. The molecule has 0 spiro atoms. The third-order valence-electron chi connectivity index (χ3n) is 2.22. The highest BCUT2D eigenvalue weighted by Gasteiger charge is 2.14.